The van der Waals surface area contributed by atoms with Crippen molar-refractivity contribution in [3.63, 3.8) is 0 Å². The van der Waals surface area contributed by atoms with Crippen molar-refractivity contribution in [1.82, 2.24) is 9.97 Å². The highest BCUT2D eigenvalue weighted by molar-refractivity contribution is 14.1. The third-order valence-corrected chi connectivity index (χ3v) is 8.16. The van der Waals surface area contributed by atoms with Gasteiger partial charge < -0.3 is 14.5 Å². The fraction of sp³-hybridized carbons (Fsp3) is 0.421. The molecule has 1 unspecified atom stereocenters. The van der Waals surface area contributed by atoms with Crippen LogP contribution in [-0.4, -0.2) is 49.2 Å². The summed E-state index contributed by atoms with van der Waals surface area (Å²) in [5, 5.41) is 0.284. The maximum atomic E-state index is 11.8. The molecular weight excluding hydrogens is 511 g/mol. The van der Waals surface area contributed by atoms with E-state index in [-0.39, 0.29) is 13.9 Å². The Morgan fingerprint density at radius 1 is 1.36 bits per heavy atom. The highest BCUT2D eigenvalue weighted by Crippen LogP contribution is 2.58. The molecule has 0 spiro atoms. The Labute approximate surface area is 187 Å². The van der Waals surface area contributed by atoms with Crippen molar-refractivity contribution in [2.45, 2.75) is 21.0 Å². The van der Waals surface area contributed by atoms with E-state index in [0.29, 0.717) is 13.2 Å². The molecule has 2 aliphatic rings. The Hall–Kier alpha value is -1.10. The van der Waals surface area contributed by atoms with Gasteiger partial charge in [0.05, 0.1) is 23.8 Å². The van der Waals surface area contributed by atoms with Gasteiger partial charge in [-0.1, -0.05) is 46.5 Å². The molecule has 1 aromatic heterocycles. The third-order valence-electron chi connectivity index (χ3n) is 5.00. The number of aromatic nitrogens is 2. The molecule has 4 rings (SSSR count). The largest absolute Gasteiger partial charge is 0.378 e. The lowest BCUT2D eigenvalue weighted by Crippen LogP contribution is -2.37. The summed E-state index contributed by atoms with van der Waals surface area (Å²) in [6.07, 6.45) is 0.750. The first kappa shape index (κ1) is 20.2. The summed E-state index contributed by atoms with van der Waals surface area (Å²) in [6, 6.07) is 8.13. The van der Waals surface area contributed by atoms with Crippen LogP contribution >= 0.6 is 46.0 Å². The van der Waals surface area contributed by atoms with Crippen LogP contribution in [-0.2, 0) is 18.7 Å². The van der Waals surface area contributed by atoms with Crippen molar-refractivity contribution in [1.29, 1.82) is 0 Å². The molecule has 1 saturated heterocycles. The molecular formula is C19H20ClIN4O2S. The number of fused-ring (bicyclic) bond motifs is 1. The Morgan fingerprint density at radius 3 is 2.82 bits per heavy atom. The molecule has 0 bridgehead atoms. The topological polar surface area (TPSA) is 58.6 Å². The Balaban J connectivity index is 1.69. The number of morpholine rings is 1. The minimum Gasteiger partial charge on any atom is -0.378 e. The number of carbonyl (C=O) groups is 1. The Bertz CT molecular complexity index is 925. The third kappa shape index (κ3) is 3.83. The summed E-state index contributed by atoms with van der Waals surface area (Å²) in [5.41, 5.74) is 3.01. The lowest BCUT2D eigenvalue weighted by molar-refractivity contribution is -0.116. The van der Waals surface area contributed by atoms with Crippen molar-refractivity contribution in [3.8, 4) is 0 Å². The first-order chi connectivity index (χ1) is 13.4. The zero-order valence-corrected chi connectivity index (χ0v) is 19.3. The van der Waals surface area contributed by atoms with Crippen LogP contribution in [0.1, 0.15) is 18.2 Å². The molecule has 28 heavy (non-hydrogen) atoms. The predicted molar refractivity (Wildman–Crippen MR) is 121 cm³/mol. The summed E-state index contributed by atoms with van der Waals surface area (Å²) in [5.74, 6) is 0.910. The number of hydrogen-bond acceptors (Lipinski definition) is 6. The van der Waals surface area contributed by atoms with Crippen LogP contribution in [0.25, 0.3) is 0 Å². The van der Waals surface area contributed by atoms with E-state index in [1.165, 1.54) is 0 Å². The fourth-order valence-corrected chi connectivity index (χ4v) is 6.19. The maximum absolute atomic E-state index is 11.8. The van der Waals surface area contributed by atoms with E-state index >= 15 is 0 Å². The van der Waals surface area contributed by atoms with Crippen molar-refractivity contribution >= 4 is 63.4 Å². The number of amides is 1. The first-order valence-electron chi connectivity index (χ1n) is 8.99. The van der Waals surface area contributed by atoms with Gasteiger partial charge in [0, 0.05) is 39.2 Å². The van der Waals surface area contributed by atoms with Gasteiger partial charge in [-0.15, -0.1) is 0 Å². The van der Waals surface area contributed by atoms with Gasteiger partial charge in [0.15, 0.2) is 0 Å². The molecule has 1 atom stereocenters. The molecule has 9 heteroatoms. The predicted octanol–water partition coefficient (Wildman–Crippen LogP) is 3.89. The van der Waals surface area contributed by atoms with E-state index in [9.17, 15) is 4.79 Å². The molecule has 0 saturated carbocycles. The van der Waals surface area contributed by atoms with Crippen LogP contribution in [0.15, 0.2) is 29.2 Å². The molecule has 1 aromatic carbocycles. The Morgan fingerprint density at radius 2 is 2.11 bits per heavy atom. The standard InChI is InChI=1S/C19H20ClIN4O2S/c1-12(26)24(2)14-5-3-4-13(10-14)19(21)11-15-16(28-19)17(23-18(20)22-15)25-6-8-27-9-7-25/h3-5,10H,6-9,11H2,1-2H3. The second-order valence-corrected chi connectivity index (χ2v) is 11.0. The molecule has 0 N–H and O–H groups in total. The monoisotopic (exact) mass is 530 g/mol. The average Bonchev–Trinajstić information content (AvgIpc) is 3.04. The molecule has 0 aliphatic carbocycles. The molecule has 0 radical (unpaired) electrons. The van der Waals surface area contributed by atoms with Gasteiger partial charge in [-0.25, -0.2) is 4.98 Å². The lowest BCUT2D eigenvalue weighted by atomic mass is 10.1. The highest BCUT2D eigenvalue weighted by Gasteiger charge is 2.41. The van der Waals surface area contributed by atoms with Crippen LogP contribution in [0.5, 0.6) is 0 Å². The summed E-state index contributed by atoms with van der Waals surface area (Å²) >= 11 is 10.5. The van der Waals surface area contributed by atoms with E-state index in [4.69, 9.17) is 16.3 Å². The first-order valence-corrected chi connectivity index (χ1v) is 11.3. The van der Waals surface area contributed by atoms with Crippen molar-refractivity contribution in [2.75, 3.05) is 43.2 Å². The molecule has 1 fully saturated rings. The van der Waals surface area contributed by atoms with E-state index in [2.05, 4.69) is 49.6 Å². The molecule has 2 aromatic rings. The van der Waals surface area contributed by atoms with Gasteiger partial charge in [0.25, 0.3) is 0 Å². The SMILES string of the molecule is CC(=O)N(C)c1cccc(C2(I)Cc3nc(Cl)nc(N4CCOCC4)c3S2)c1. The van der Waals surface area contributed by atoms with Crippen LogP contribution in [0.2, 0.25) is 5.28 Å². The second kappa shape index (κ2) is 7.97. The number of nitrogens with zero attached hydrogens (tertiary/aromatic N) is 4. The average molecular weight is 531 g/mol. The van der Waals surface area contributed by atoms with Crippen LogP contribution in [0, 0.1) is 0 Å². The molecule has 3 heterocycles. The van der Waals surface area contributed by atoms with Crippen LogP contribution < -0.4 is 9.80 Å². The van der Waals surface area contributed by atoms with Crippen LogP contribution in [0.4, 0.5) is 11.5 Å². The minimum absolute atomic E-state index is 0.00858. The summed E-state index contributed by atoms with van der Waals surface area (Å²) < 4.78 is 5.25. The summed E-state index contributed by atoms with van der Waals surface area (Å²) in [7, 11) is 1.79. The number of hydrogen-bond donors (Lipinski definition) is 0. The smallest absolute Gasteiger partial charge is 0.224 e. The molecule has 148 valence electrons. The molecule has 6 nitrogen and oxygen atoms in total. The summed E-state index contributed by atoms with van der Waals surface area (Å²) in [6.45, 7) is 4.55. The number of ether oxygens (including phenoxy) is 1. The van der Waals surface area contributed by atoms with E-state index in [0.717, 1.165) is 47.2 Å². The highest BCUT2D eigenvalue weighted by atomic mass is 127. The van der Waals surface area contributed by atoms with Crippen LogP contribution in [0.3, 0.4) is 0 Å². The van der Waals surface area contributed by atoms with Crippen molar-refractivity contribution < 1.29 is 9.53 Å². The maximum Gasteiger partial charge on any atom is 0.224 e. The van der Waals surface area contributed by atoms with Crippen molar-refractivity contribution in [3.05, 3.63) is 40.8 Å². The van der Waals surface area contributed by atoms with E-state index in [1.54, 1.807) is 30.6 Å². The van der Waals surface area contributed by atoms with Gasteiger partial charge in [-0.2, -0.15) is 4.98 Å². The van der Waals surface area contributed by atoms with Gasteiger partial charge in [-0.3, -0.25) is 4.79 Å². The normalized spacial score (nSPS) is 21.5. The number of carbonyl (C=O) groups excluding carboxylic acids is 1. The quantitative estimate of drug-likeness (QED) is 0.341. The number of anilines is 2. The Kier molecular flexibility index (Phi) is 5.74. The van der Waals surface area contributed by atoms with E-state index < -0.39 is 0 Å². The zero-order valence-electron chi connectivity index (χ0n) is 15.6. The molecule has 2 aliphatic heterocycles. The number of halogens is 2. The second-order valence-electron chi connectivity index (χ2n) is 6.83. The minimum atomic E-state index is -0.228. The zero-order chi connectivity index (χ0) is 19.9. The molecule has 1 amide bonds. The van der Waals surface area contributed by atoms with Gasteiger partial charge >= 0.3 is 0 Å². The summed E-state index contributed by atoms with van der Waals surface area (Å²) in [4.78, 5) is 25.8. The number of benzene rings is 1. The lowest BCUT2D eigenvalue weighted by Gasteiger charge is -2.29. The van der Waals surface area contributed by atoms with Crippen molar-refractivity contribution in [2.24, 2.45) is 0 Å². The van der Waals surface area contributed by atoms with Gasteiger partial charge in [0.1, 0.15) is 8.57 Å². The van der Waals surface area contributed by atoms with Gasteiger partial charge in [-0.05, 0) is 29.3 Å². The number of alkyl halides is 1. The fourth-order valence-electron chi connectivity index (χ4n) is 3.37. The van der Waals surface area contributed by atoms with Gasteiger partial charge in [0.2, 0.25) is 11.2 Å². The number of rotatable bonds is 3. The number of thioether (sulfide) groups is 1. The van der Waals surface area contributed by atoms with E-state index in [1.807, 2.05) is 12.1 Å².